The van der Waals surface area contributed by atoms with Crippen molar-refractivity contribution in [2.24, 2.45) is 0 Å². The number of hydrogen-bond acceptors (Lipinski definition) is 5. The van der Waals surface area contributed by atoms with E-state index in [2.05, 4.69) is 47.1 Å². The van der Waals surface area contributed by atoms with E-state index in [4.69, 9.17) is 9.15 Å². The molecular formula is C12H13Br2N3O2. The van der Waals surface area contributed by atoms with Crippen molar-refractivity contribution in [3.05, 3.63) is 27.0 Å². The van der Waals surface area contributed by atoms with Crippen LogP contribution in [-0.4, -0.2) is 23.6 Å². The SMILES string of the molecule is CCNc1cc(COC)nc(-c2cc(Br)c(Br)o2)n1. The van der Waals surface area contributed by atoms with Crippen LogP contribution in [0.5, 0.6) is 0 Å². The van der Waals surface area contributed by atoms with Crippen LogP contribution >= 0.6 is 31.9 Å². The molecule has 19 heavy (non-hydrogen) atoms. The van der Waals surface area contributed by atoms with E-state index < -0.39 is 0 Å². The number of nitrogens with one attached hydrogen (secondary N) is 1. The van der Waals surface area contributed by atoms with Crippen LogP contribution in [0.2, 0.25) is 0 Å². The van der Waals surface area contributed by atoms with Crippen LogP contribution in [0.15, 0.2) is 25.7 Å². The van der Waals surface area contributed by atoms with Crippen LogP contribution in [0.1, 0.15) is 12.6 Å². The van der Waals surface area contributed by atoms with Gasteiger partial charge in [-0.2, -0.15) is 0 Å². The third kappa shape index (κ3) is 3.55. The number of aromatic nitrogens is 2. The van der Waals surface area contributed by atoms with E-state index in [0.29, 0.717) is 22.9 Å². The fraction of sp³-hybridized carbons (Fsp3) is 0.333. The van der Waals surface area contributed by atoms with Crippen molar-refractivity contribution in [2.45, 2.75) is 13.5 Å². The van der Waals surface area contributed by atoms with Gasteiger partial charge in [0.1, 0.15) is 5.82 Å². The lowest BCUT2D eigenvalue weighted by molar-refractivity contribution is 0.181. The third-order valence-corrected chi connectivity index (χ3v) is 4.00. The van der Waals surface area contributed by atoms with Gasteiger partial charge in [-0.25, -0.2) is 9.97 Å². The molecule has 2 rings (SSSR count). The largest absolute Gasteiger partial charge is 0.445 e. The highest BCUT2D eigenvalue weighted by molar-refractivity contribution is 9.13. The molecular weight excluding hydrogens is 378 g/mol. The van der Waals surface area contributed by atoms with Gasteiger partial charge in [0.2, 0.25) is 0 Å². The second-order valence-electron chi connectivity index (χ2n) is 3.76. The summed E-state index contributed by atoms with van der Waals surface area (Å²) in [7, 11) is 1.63. The minimum absolute atomic E-state index is 0.428. The Bertz CT molecular complexity index is 528. The van der Waals surface area contributed by atoms with Crippen molar-refractivity contribution < 1.29 is 9.15 Å². The Kier molecular flexibility index (Phi) is 4.95. The average molecular weight is 391 g/mol. The molecule has 0 spiro atoms. The summed E-state index contributed by atoms with van der Waals surface area (Å²) in [6.07, 6.45) is 0. The van der Waals surface area contributed by atoms with Crippen molar-refractivity contribution in [1.82, 2.24) is 9.97 Å². The monoisotopic (exact) mass is 389 g/mol. The number of nitrogens with zero attached hydrogens (tertiary/aromatic N) is 2. The summed E-state index contributed by atoms with van der Waals surface area (Å²) in [6.45, 7) is 3.23. The molecule has 1 N–H and O–H groups in total. The summed E-state index contributed by atoms with van der Waals surface area (Å²) in [5.74, 6) is 1.87. The fourth-order valence-corrected chi connectivity index (χ4v) is 2.14. The van der Waals surface area contributed by atoms with Crippen molar-refractivity contribution in [2.75, 3.05) is 19.0 Å². The van der Waals surface area contributed by atoms with Gasteiger partial charge in [0.05, 0.1) is 16.8 Å². The number of methoxy groups -OCH3 is 1. The third-order valence-electron chi connectivity index (χ3n) is 2.29. The summed E-state index contributed by atoms with van der Waals surface area (Å²) in [4.78, 5) is 8.84. The Hall–Kier alpha value is -0.920. The fourth-order valence-electron chi connectivity index (χ4n) is 1.56. The van der Waals surface area contributed by atoms with Crippen LogP contribution in [0.4, 0.5) is 5.82 Å². The molecule has 7 heteroatoms. The molecule has 0 aliphatic rings. The normalized spacial score (nSPS) is 10.7. The van der Waals surface area contributed by atoms with Gasteiger partial charge in [0.25, 0.3) is 0 Å². The minimum atomic E-state index is 0.428. The van der Waals surface area contributed by atoms with Crippen molar-refractivity contribution in [3.8, 4) is 11.6 Å². The van der Waals surface area contributed by atoms with Gasteiger partial charge in [-0.1, -0.05) is 0 Å². The van der Waals surface area contributed by atoms with Gasteiger partial charge >= 0.3 is 0 Å². The van der Waals surface area contributed by atoms with Crippen molar-refractivity contribution >= 4 is 37.7 Å². The molecule has 0 saturated heterocycles. The van der Waals surface area contributed by atoms with Gasteiger partial charge in [-0.3, -0.25) is 0 Å². The van der Waals surface area contributed by atoms with Gasteiger partial charge in [-0.05, 0) is 38.8 Å². The minimum Gasteiger partial charge on any atom is -0.445 e. The highest BCUT2D eigenvalue weighted by atomic mass is 79.9. The van der Waals surface area contributed by atoms with Crippen LogP contribution in [0, 0.1) is 0 Å². The lowest BCUT2D eigenvalue weighted by Gasteiger charge is -2.07. The Morgan fingerprint density at radius 3 is 2.68 bits per heavy atom. The van der Waals surface area contributed by atoms with Crippen molar-refractivity contribution in [1.29, 1.82) is 0 Å². The standard InChI is InChI=1S/C12H13Br2N3O2/c1-3-15-10-4-7(6-18-2)16-12(17-10)9-5-8(13)11(14)19-9/h4-5H,3,6H2,1-2H3,(H,15,16,17). The smallest absolute Gasteiger partial charge is 0.198 e. The Balaban J connectivity index is 2.42. The summed E-state index contributed by atoms with van der Waals surface area (Å²) in [5.41, 5.74) is 0.798. The molecule has 0 radical (unpaired) electrons. The molecule has 0 unspecified atom stereocenters. The first-order valence-electron chi connectivity index (χ1n) is 5.70. The molecule has 5 nitrogen and oxygen atoms in total. The maximum atomic E-state index is 5.54. The maximum Gasteiger partial charge on any atom is 0.198 e. The van der Waals surface area contributed by atoms with E-state index in [0.717, 1.165) is 22.5 Å². The summed E-state index contributed by atoms with van der Waals surface area (Å²) < 4.78 is 12.1. The second kappa shape index (κ2) is 6.49. The van der Waals surface area contributed by atoms with Crippen LogP contribution < -0.4 is 5.32 Å². The molecule has 0 amide bonds. The number of halogens is 2. The number of ether oxygens (including phenoxy) is 1. The molecule has 0 aliphatic heterocycles. The average Bonchev–Trinajstić information content (AvgIpc) is 2.70. The van der Waals surface area contributed by atoms with Gasteiger partial charge in [0.15, 0.2) is 16.3 Å². The Labute approximate surface area is 128 Å². The molecule has 102 valence electrons. The van der Waals surface area contributed by atoms with E-state index in [1.807, 2.05) is 19.1 Å². The van der Waals surface area contributed by atoms with Gasteiger partial charge < -0.3 is 14.5 Å². The predicted octanol–water partition coefficient (Wildman–Crippen LogP) is 3.84. The molecule has 0 aromatic carbocycles. The number of furan rings is 1. The van der Waals surface area contributed by atoms with Crippen LogP contribution in [0.3, 0.4) is 0 Å². The Morgan fingerprint density at radius 2 is 2.11 bits per heavy atom. The number of hydrogen-bond donors (Lipinski definition) is 1. The first-order valence-corrected chi connectivity index (χ1v) is 7.28. The quantitative estimate of drug-likeness (QED) is 0.840. The molecule has 0 fully saturated rings. The van der Waals surface area contributed by atoms with E-state index in [1.165, 1.54) is 0 Å². The van der Waals surface area contributed by atoms with E-state index in [-0.39, 0.29) is 0 Å². The summed E-state index contributed by atoms with van der Waals surface area (Å²) in [6, 6.07) is 3.69. The first kappa shape index (κ1) is 14.5. The molecule has 0 atom stereocenters. The highest BCUT2D eigenvalue weighted by Crippen LogP contribution is 2.31. The molecule has 2 aromatic heterocycles. The molecule has 0 aliphatic carbocycles. The lowest BCUT2D eigenvalue weighted by atomic mass is 10.3. The predicted molar refractivity (Wildman–Crippen MR) is 80.0 cm³/mol. The zero-order valence-corrected chi connectivity index (χ0v) is 13.7. The summed E-state index contributed by atoms with van der Waals surface area (Å²) >= 11 is 6.68. The summed E-state index contributed by atoms with van der Waals surface area (Å²) in [5, 5.41) is 3.17. The zero-order valence-electron chi connectivity index (χ0n) is 10.5. The van der Waals surface area contributed by atoms with Crippen LogP contribution in [0.25, 0.3) is 11.6 Å². The lowest BCUT2D eigenvalue weighted by Crippen LogP contribution is -2.04. The van der Waals surface area contributed by atoms with Crippen molar-refractivity contribution in [3.63, 3.8) is 0 Å². The molecule has 0 saturated carbocycles. The van der Waals surface area contributed by atoms with Gasteiger partial charge in [-0.15, -0.1) is 0 Å². The molecule has 2 heterocycles. The Morgan fingerprint density at radius 1 is 1.32 bits per heavy atom. The van der Waals surface area contributed by atoms with Crippen LogP contribution in [-0.2, 0) is 11.3 Å². The zero-order chi connectivity index (χ0) is 13.8. The van der Waals surface area contributed by atoms with E-state index in [9.17, 15) is 0 Å². The first-order chi connectivity index (χ1) is 9.13. The number of anilines is 1. The molecule has 0 bridgehead atoms. The maximum absolute atomic E-state index is 5.54. The second-order valence-corrected chi connectivity index (χ2v) is 5.34. The number of rotatable bonds is 5. The van der Waals surface area contributed by atoms with E-state index >= 15 is 0 Å². The topological polar surface area (TPSA) is 60.2 Å². The highest BCUT2D eigenvalue weighted by Gasteiger charge is 2.13. The van der Waals surface area contributed by atoms with E-state index in [1.54, 1.807) is 7.11 Å². The van der Waals surface area contributed by atoms with Gasteiger partial charge in [0, 0.05) is 25.8 Å². The molecule has 2 aromatic rings.